The number of aromatic amines is 1. The maximum absolute atomic E-state index is 13.0. The van der Waals surface area contributed by atoms with Crippen molar-refractivity contribution >= 4 is 5.91 Å². The van der Waals surface area contributed by atoms with Crippen LogP contribution in [0.15, 0.2) is 47.5 Å². The molecule has 2 aliphatic rings. The lowest BCUT2D eigenvalue weighted by molar-refractivity contribution is 0.0908. The van der Waals surface area contributed by atoms with Gasteiger partial charge in [0, 0.05) is 37.6 Å². The molecular weight excluding hydrogens is 416 g/mol. The van der Waals surface area contributed by atoms with Crippen LogP contribution in [0.1, 0.15) is 47.2 Å². The van der Waals surface area contributed by atoms with Crippen LogP contribution in [0.25, 0.3) is 16.9 Å². The second-order valence-corrected chi connectivity index (χ2v) is 8.89. The number of amides is 1. The number of benzene rings is 1. The van der Waals surface area contributed by atoms with Crippen LogP contribution in [0.5, 0.6) is 0 Å². The first kappa shape index (κ1) is 21.2. The fraction of sp³-hybridized carbons (Fsp3) is 0.360. The topological polar surface area (TPSA) is 107 Å². The number of piperidine rings is 1. The highest BCUT2D eigenvalue weighted by Crippen LogP contribution is 2.29. The van der Waals surface area contributed by atoms with Crippen molar-refractivity contribution < 1.29 is 4.79 Å². The van der Waals surface area contributed by atoms with E-state index in [4.69, 9.17) is 5.26 Å². The zero-order chi connectivity index (χ0) is 22.9. The zero-order valence-electron chi connectivity index (χ0n) is 18.5. The van der Waals surface area contributed by atoms with Crippen molar-refractivity contribution in [1.29, 1.82) is 5.26 Å². The summed E-state index contributed by atoms with van der Waals surface area (Å²) in [5.41, 5.74) is 2.90. The Morgan fingerprint density at radius 1 is 1.15 bits per heavy atom. The van der Waals surface area contributed by atoms with Gasteiger partial charge >= 0.3 is 0 Å². The minimum atomic E-state index is -0.241. The molecule has 1 aliphatic carbocycles. The molecule has 0 spiro atoms. The maximum atomic E-state index is 13.0. The minimum absolute atomic E-state index is 0.133. The summed E-state index contributed by atoms with van der Waals surface area (Å²) in [6, 6.07) is 11.7. The van der Waals surface area contributed by atoms with Gasteiger partial charge in [0.25, 0.3) is 11.5 Å². The summed E-state index contributed by atoms with van der Waals surface area (Å²) >= 11 is 0. The van der Waals surface area contributed by atoms with Crippen LogP contribution in [-0.2, 0) is 0 Å². The molecule has 2 N–H and O–H groups in total. The molecule has 168 valence electrons. The number of aromatic nitrogens is 3. The molecule has 1 saturated carbocycles. The molecule has 5 rings (SSSR count). The number of carbonyl (C=O) groups is 1. The predicted octanol–water partition coefficient (Wildman–Crippen LogP) is 2.76. The molecule has 0 radical (unpaired) electrons. The molecule has 8 nitrogen and oxygen atoms in total. The standard InChI is InChI=1S/C25H26N6O2/c1-16-12-17(13-26)2-6-21(16)22-15-28-31(25(22)33)23-7-3-18(14-27-23)24(32)29-19-8-10-30(11-9-19)20-4-5-20/h2-3,6-7,12,14-15,19-20,28H,4-5,8-11H2,1H3,(H,29,32). The highest BCUT2D eigenvalue weighted by molar-refractivity contribution is 5.94. The molecule has 1 aromatic carbocycles. The Morgan fingerprint density at radius 2 is 1.94 bits per heavy atom. The van der Waals surface area contributed by atoms with Crippen molar-refractivity contribution in [1.82, 2.24) is 25.0 Å². The third kappa shape index (κ3) is 4.32. The van der Waals surface area contributed by atoms with Crippen molar-refractivity contribution in [3.8, 4) is 23.0 Å². The summed E-state index contributed by atoms with van der Waals surface area (Å²) in [6.07, 6.45) is 7.71. The fourth-order valence-corrected chi connectivity index (χ4v) is 4.54. The van der Waals surface area contributed by atoms with Crippen LogP contribution < -0.4 is 10.9 Å². The smallest absolute Gasteiger partial charge is 0.280 e. The lowest BCUT2D eigenvalue weighted by Gasteiger charge is -2.32. The van der Waals surface area contributed by atoms with Gasteiger partial charge in [0.05, 0.1) is 22.8 Å². The summed E-state index contributed by atoms with van der Waals surface area (Å²) in [5, 5.41) is 15.1. The lowest BCUT2D eigenvalue weighted by Crippen LogP contribution is -2.45. The Balaban J connectivity index is 1.27. The van der Waals surface area contributed by atoms with Gasteiger partial charge < -0.3 is 10.2 Å². The van der Waals surface area contributed by atoms with E-state index in [1.54, 1.807) is 36.5 Å². The predicted molar refractivity (Wildman–Crippen MR) is 124 cm³/mol. The molecule has 0 bridgehead atoms. The number of aryl methyl sites for hydroxylation is 1. The minimum Gasteiger partial charge on any atom is -0.349 e. The third-order valence-electron chi connectivity index (χ3n) is 6.58. The lowest BCUT2D eigenvalue weighted by atomic mass is 10.0. The van der Waals surface area contributed by atoms with Gasteiger partial charge in [-0.2, -0.15) is 5.26 Å². The first-order valence-electron chi connectivity index (χ1n) is 11.4. The number of H-pyrrole nitrogens is 1. The summed E-state index contributed by atoms with van der Waals surface area (Å²) in [7, 11) is 0. The molecule has 8 heteroatoms. The summed E-state index contributed by atoms with van der Waals surface area (Å²) in [5.74, 6) is 0.276. The van der Waals surface area contributed by atoms with Gasteiger partial charge in [-0.05, 0) is 68.0 Å². The number of hydrogen-bond donors (Lipinski definition) is 2. The van der Waals surface area contributed by atoms with Gasteiger partial charge in [0.2, 0.25) is 0 Å². The van der Waals surface area contributed by atoms with Crippen molar-refractivity contribution in [2.45, 2.75) is 44.7 Å². The largest absolute Gasteiger partial charge is 0.349 e. The first-order chi connectivity index (χ1) is 16.0. The van der Waals surface area contributed by atoms with Crippen molar-refractivity contribution in [2.75, 3.05) is 13.1 Å². The van der Waals surface area contributed by atoms with E-state index < -0.39 is 0 Å². The monoisotopic (exact) mass is 442 g/mol. The summed E-state index contributed by atoms with van der Waals surface area (Å²) in [4.78, 5) is 32.5. The van der Waals surface area contributed by atoms with E-state index >= 15 is 0 Å². The second kappa shape index (κ2) is 8.68. The van der Waals surface area contributed by atoms with E-state index in [2.05, 4.69) is 26.4 Å². The van der Waals surface area contributed by atoms with Gasteiger partial charge in [-0.15, -0.1) is 0 Å². The van der Waals surface area contributed by atoms with E-state index in [1.807, 2.05) is 6.92 Å². The Kier molecular flexibility index (Phi) is 5.56. The molecule has 1 aliphatic heterocycles. The molecule has 33 heavy (non-hydrogen) atoms. The SMILES string of the molecule is Cc1cc(C#N)ccc1-c1c[nH]n(-c2ccc(C(=O)NC3CCN(C4CC4)CC3)cn2)c1=O. The number of rotatable bonds is 5. The van der Waals surface area contributed by atoms with Crippen molar-refractivity contribution in [3.63, 3.8) is 0 Å². The highest BCUT2D eigenvalue weighted by atomic mass is 16.2. The number of nitrogens with one attached hydrogen (secondary N) is 2. The molecule has 0 atom stereocenters. The average Bonchev–Trinajstić information content (AvgIpc) is 3.62. The van der Waals surface area contributed by atoms with Gasteiger partial charge in [-0.3, -0.25) is 14.7 Å². The number of nitriles is 1. The normalized spacial score (nSPS) is 17.0. The Hall–Kier alpha value is -3.70. The Labute approximate surface area is 191 Å². The maximum Gasteiger partial charge on any atom is 0.280 e. The van der Waals surface area contributed by atoms with E-state index in [9.17, 15) is 9.59 Å². The van der Waals surface area contributed by atoms with Crippen molar-refractivity contribution in [3.05, 3.63) is 69.8 Å². The number of carbonyl (C=O) groups excluding carboxylic acids is 1. The third-order valence-corrected chi connectivity index (χ3v) is 6.58. The zero-order valence-corrected chi connectivity index (χ0v) is 18.5. The fourth-order valence-electron chi connectivity index (χ4n) is 4.54. The van der Waals surface area contributed by atoms with Gasteiger partial charge in [-0.1, -0.05) is 6.07 Å². The number of nitrogens with zero attached hydrogens (tertiary/aromatic N) is 4. The molecule has 1 amide bonds. The summed E-state index contributed by atoms with van der Waals surface area (Å²) in [6.45, 7) is 3.96. The molecule has 2 fully saturated rings. The first-order valence-corrected chi connectivity index (χ1v) is 11.4. The molecular formula is C25H26N6O2. The van der Waals surface area contributed by atoms with Gasteiger partial charge in [0.15, 0.2) is 5.82 Å². The number of pyridine rings is 1. The average molecular weight is 443 g/mol. The van der Waals surface area contributed by atoms with Crippen LogP contribution in [0.3, 0.4) is 0 Å². The van der Waals surface area contributed by atoms with Crippen molar-refractivity contribution in [2.24, 2.45) is 0 Å². The van der Waals surface area contributed by atoms with Crippen LogP contribution >= 0.6 is 0 Å². The molecule has 3 heterocycles. The van der Waals surface area contributed by atoms with E-state index in [0.29, 0.717) is 22.5 Å². The summed E-state index contributed by atoms with van der Waals surface area (Å²) < 4.78 is 1.35. The van der Waals surface area contributed by atoms with E-state index in [0.717, 1.165) is 43.1 Å². The van der Waals surface area contributed by atoms with E-state index in [1.165, 1.54) is 23.7 Å². The molecule has 2 aromatic heterocycles. The van der Waals surface area contributed by atoms with Crippen LogP contribution in [-0.4, -0.2) is 50.7 Å². The van der Waals surface area contributed by atoms with Crippen LogP contribution in [0.4, 0.5) is 0 Å². The van der Waals surface area contributed by atoms with Crippen LogP contribution in [0.2, 0.25) is 0 Å². The number of likely N-dealkylation sites (tertiary alicyclic amines) is 1. The van der Waals surface area contributed by atoms with Gasteiger partial charge in [-0.25, -0.2) is 9.67 Å². The second-order valence-electron chi connectivity index (χ2n) is 8.89. The van der Waals surface area contributed by atoms with Gasteiger partial charge in [0.1, 0.15) is 0 Å². The Morgan fingerprint density at radius 3 is 2.58 bits per heavy atom. The van der Waals surface area contributed by atoms with E-state index in [-0.39, 0.29) is 17.5 Å². The quantitative estimate of drug-likeness (QED) is 0.632. The highest BCUT2D eigenvalue weighted by Gasteiger charge is 2.32. The Bertz CT molecular complexity index is 1270. The number of hydrogen-bond acceptors (Lipinski definition) is 5. The molecule has 0 unspecified atom stereocenters. The molecule has 1 saturated heterocycles. The molecule has 3 aromatic rings. The van der Waals surface area contributed by atoms with Crippen LogP contribution in [0, 0.1) is 18.3 Å².